The van der Waals surface area contributed by atoms with E-state index < -0.39 is 0 Å². The fourth-order valence-corrected chi connectivity index (χ4v) is 2.88. The van der Waals surface area contributed by atoms with Gasteiger partial charge in [-0.3, -0.25) is 4.79 Å². The molecule has 0 saturated heterocycles. The molecule has 0 unspecified atom stereocenters. The van der Waals surface area contributed by atoms with Gasteiger partial charge in [0.25, 0.3) is 0 Å². The van der Waals surface area contributed by atoms with E-state index in [1.807, 2.05) is 6.08 Å². The molecule has 0 aromatic carbocycles. The molecule has 0 radical (unpaired) electrons. The molecule has 0 atom stereocenters. The van der Waals surface area contributed by atoms with E-state index in [-0.39, 0.29) is 12.5 Å². The van der Waals surface area contributed by atoms with Crippen molar-refractivity contribution in [2.75, 3.05) is 5.32 Å². The maximum absolute atomic E-state index is 11.9. The number of amides is 1. The zero-order valence-electron chi connectivity index (χ0n) is 13.9. The molecule has 25 heavy (non-hydrogen) atoms. The van der Waals surface area contributed by atoms with Crippen molar-refractivity contribution >= 4 is 34.5 Å². The van der Waals surface area contributed by atoms with Gasteiger partial charge in [-0.25, -0.2) is 15.0 Å². The first-order valence-corrected chi connectivity index (χ1v) is 8.89. The van der Waals surface area contributed by atoms with Crippen molar-refractivity contribution in [2.24, 2.45) is 0 Å². The van der Waals surface area contributed by atoms with Crippen LogP contribution in [0.2, 0.25) is 0 Å². The summed E-state index contributed by atoms with van der Waals surface area (Å²) in [5, 5.41) is 3.33. The van der Waals surface area contributed by atoms with Gasteiger partial charge in [-0.1, -0.05) is 24.7 Å². The molecule has 0 saturated carbocycles. The number of imidazole rings is 1. The van der Waals surface area contributed by atoms with Gasteiger partial charge in [-0.15, -0.1) is 0 Å². The third-order valence-corrected chi connectivity index (χ3v) is 4.27. The van der Waals surface area contributed by atoms with Crippen LogP contribution in [0.4, 0.5) is 5.13 Å². The van der Waals surface area contributed by atoms with E-state index in [1.165, 1.54) is 11.3 Å². The molecule has 0 aliphatic heterocycles. The van der Waals surface area contributed by atoms with Crippen LogP contribution in [0.5, 0.6) is 0 Å². The van der Waals surface area contributed by atoms with Crippen molar-refractivity contribution in [3.63, 3.8) is 0 Å². The van der Waals surface area contributed by atoms with Crippen LogP contribution in [-0.4, -0.2) is 25.4 Å². The number of aromatic nitrogens is 4. The average Bonchev–Trinajstić information content (AvgIpc) is 3.33. The molecule has 0 spiro atoms. The molecular formula is C17H19N5O2S. The van der Waals surface area contributed by atoms with Crippen molar-refractivity contribution in [3.8, 4) is 0 Å². The lowest BCUT2D eigenvalue weighted by atomic mass is 10.2. The van der Waals surface area contributed by atoms with Crippen LogP contribution < -0.4 is 5.32 Å². The number of hydrogen-bond acceptors (Lipinski definition) is 6. The van der Waals surface area contributed by atoms with Crippen molar-refractivity contribution in [3.05, 3.63) is 47.6 Å². The molecule has 3 aromatic rings. The van der Waals surface area contributed by atoms with Crippen LogP contribution in [-0.2, 0) is 17.8 Å². The molecule has 7 nitrogen and oxygen atoms in total. The van der Waals surface area contributed by atoms with E-state index >= 15 is 0 Å². The number of aryl methyl sites for hydroxylation is 1. The van der Waals surface area contributed by atoms with Crippen LogP contribution in [0, 0.1) is 0 Å². The Balaban J connectivity index is 1.54. The summed E-state index contributed by atoms with van der Waals surface area (Å²) in [6, 6.07) is 0. The molecular weight excluding hydrogens is 338 g/mol. The first kappa shape index (κ1) is 17.1. The number of carbonyl (C=O) groups is 1. The topological polar surface area (TPSA) is 85.8 Å². The van der Waals surface area contributed by atoms with Gasteiger partial charge >= 0.3 is 0 Å². The van der Waals surface area contributed by atoms with Gasteiger partial charge in [0.2, 0.25) is 11.8 Å². The highest BCUT2D eigenvalue weighted by molar-refractivity contribution is 7.16. The Morgan fingerprint density at radius 3 is 3.08 bits per heavy atom. The fourth-order valence-electron chi connectivity index (χ4n) is 2.15. The van der Waals surface area contributed by atoms with E-state index in [1.54, 1.807) is 41.8 Å². The van der Waals surface area contributed by atoms with Crippen LogP contribution in [0.1, 0.15) is 36.3 Å². The standard InChI is InChI=1S/C17H19N5O2S/c1-2-3-4-13-9-19-16(24-13)6-5-14-10-20-17(25-14)21-15(23)11-22-8-7-18-12-22/h5-10,12H,2-4,11H2,1H3,(H,20,21,23)/b6-5-. The average molecular weight is 357 g/mol. The summed E-state index contributed by atoms with van der Waals surface area (Å²) in [5.41, 5.74) is 0. The van der Waals surface area contributed by atoms with E-state index in [2.05, 4.69) is 27.2 Å². The Morgan fingerprint density at radius 1 is 1.36 bits per heavy atom. The zero-order chi connectivity index (χ0) is 17.5. The molecule has 3 rings (SSSR count). The summed E-state index contributed by atoms with van der Waals surface area (Å²) in [4.78, 5) is 25.2. The number of rotatable bonds is 8. The molecule has 1 N–H and O–H groups in total. The smallest absolute Gasteiger partial charge is 0.246 e. The van der Waals surface area contributed by atoms with Gasteiger partial charge in [-0.05, 0) is 12.5 Å². The third kappa shape index (κ3) is 5.12. The van der Waals surface area contributed by atoms with Crippen LogP contribution in [0.15, 0.2) is 35.5 Å². The van der Waals surface area contributed by atoms with Gasteiger partial charge in [0.05, 0.1) is 12.5 Å². The Bertz CT molecular complexity index is 835. The van der Waals surface area contributed by atoms with Crippen molar-refractivity contribution in [1.82, 2.24) is 19.5 Å². The van der Waals surface area contributed by atoms with Gasteiger partial charge in [0.1, 0.15) is 12.3 Å². The minimum absolute atomic E-state index is 0.142. The number of oxazole rings is 1. The van der Waals surface area contributed by atoms with E-state index in [0.29, 0.717) is 11.0 Å². The Kier molecular flexibility index (Phi) is 5.73. The van der Waals surface area contributed by atoms with E-state index in [9.17, 15) is 4.79 Å². The van der Waals surface area contributed by atoms with Gasteiger partial charge in [0.15, 0.2) is 5.13 Å². The van der Waals surface area contributed by atoms with E-state index in [0.717, 1.165) is 29.9 Å². The molecule has 130 valence electrons. The first-order chi connectivity index (χ1) is 12.2. The molecule has 3 aromatic heterocycles. The van der Waals surface area contributed by atoms with Crippen LogP contribution in [0.25, 0.3) is 12.2 Å². The number of hydrogen-bond donors (Lipinski definition) is 1. The zero-order valence-corrected chi connectivity index (χ0v) is 14.7. The number of thiazole rings is 1. The molecule has 8 heteroatoms. The lowest BCUT2D eigenvalue weighted by Gasteiger charge is -2.01. The van der Waals surface area contributed by atoms with Crippen LogP contribution >= 0.6 is 11.3 Å². The van der Waals surface area contributed by atoms with E-state index in [4.69, 9.17) is 4.42 Å². The first-order valence-electron chi connectivity index (χ1n) is 8.07. The number of carbonyl (C=O) groups excluding carboxylic acids is 1. The lowest BCUT2D eigenvalue weighted by molar-refractivity contribution is -0.116. The number of nitrogens with zero attached hydrogens (tertiary/aromatic N) is 4. The monoisotopic (exact) mass is 357 g/mol. The number of nitrogens with one attached hydrogen (secondary N) is 1. The van der Waals surface area contributed by atoms with Gasteiger partial charge in [0, 0.05) is 36.0 Å². The summed E-state index contributed by atoms with van der Waals surface area (Å²) < 4.78 is 7.34. The molecule has 0 fully saturated rings. The maximum atomic E-state index is 11.9. The van der Waals surface area contributed by atoms with Crippen LogP contribution in [0.3, 0.4) is 0 Å². The minimum Gasteiger partial charge on any atom is -0.442 e. The molecule has 3 heterocycles. The highest BCUT2D eigenvalue weighted by Gasteiger charge is 2.07. The summed E-state index contributed by atoms with van der Waals surface area (Å²) in [5.74, 6) is 1.33. The molecule has 0 bridgehead atoms. The second kappa shape index (κ2) is 8.39. The highest BCUT2D eigenvalue weighted by Crippen LogP contribution is 2.20. The predicted octanol–water partition coefficient (Wildman–Crippen LogP) is 3.48. The Morgan fingerprint density at radius 2 is 2.28 bits per heavy atom. The highest BCUT2D eigenvalue weighted by atomic mass is 32.1. The Labute approximate surface area is 149 Å². The van der Waals surface area contributed by atoms with Gasteiger partial charge in [-0.2, -0.15) is 0 Å². The molecule has 1 amide bonds. The second-order valence-electron chi connectivity index (χ2n) is 5.45. The lowest BCUT2D eigenvalue weighted by Crippen LogP contribution is -2.17. The molecule has 0 aliphatic carbocycles. The Hall–Kier alpha value is -2.74. The summed E-state index contributed by atoms with van der Waals surface area (Å²) in [6.07, 6.45) is 15.2. The second-order valence-corrected chi connectivity index (χ2v) is 6.51. The largest absolute Gasteiger partial charge is 0.442 e. The van der Waals surface area contributed by atoms with Gasteiger partial charge < -0.3 is 14.3 Å². The normalized spacial score (nSPS) is 11.2. The predicted molar refractivity (Wildman–Crippen MR) is 97.0 cm³/mol. The molecule has 0 aliphatic rings. The SMILES string of the molecule is CCCCc1cnc(/C=C\c2cnc(NC(=O)Cn3ccnc3)s2)o1. The summed E-state index contributed by atoms with van der Waals surface area (Å²) >= 11 is 1.39. The quantitative estimate of drug-likeness (QED) is 0.667. The fraction of sp³-hybridized carbons (Fsp3) is 0.294. The van der Waals surface area contributed by atoms with Crippen molar-refractivity contribution in [2.45, 2.75) is 32.7 Å². The third-order valence-electron chi connectivity index (χ3n) is 3.39. The summed E-state index contributed by atoms with van der Waals surface area (Å²) in [6.45, 7) is 2.36. The minimum atomic E-state index is -0.142. The maximum Gasteiger partial charge on any atom is 0.246 e. The van der Waals surface area contributed by atoms with Crippen molar-refractivity contribution in [1.29, 1.82) is 0 Å². The van der Waals surface area contributed by atoms with Crippen molar-refractivity contribution < 1.29 is 9.21 Å². The summed E-state index contributed by atoms with van der Waals surface area (Å²) in [7, 11) is 0. The number of unbranched alkanes of at least 4 members (excludes halogenated alkanes) is 1. The number of anilines is 1.